The van der Waals surface area contributed by atoms with Crippen molar-refractivity contribution < 1.29 is 46.1 Å². The maximum absolute atomic E-state index is 2.78. The third-order valence-corrected chi connectivity index (χ3v) is 23.8. The molecule has 0 radical (unpaired) electrons. The second kappa shape index (κ2) is 10.5. The Morgan fingerprint density at radius 2 is 0.969 bits per heavy atom. The van der Waals surface area contributed by atoms with Crippen molar-refractivity contribution in [1.82, 2.24) is 0 Å². The van der Waals surface area contributed by atoms with E-state index < -0.39 is 47.8 Å². The van der Waals surface area contributed by atoms with Gasteiger partial charge in [-0.05, 0) is 0 Å². The Kier molecular flexibility index (Phi) is 9.40. The molecule has 2 aliphatic carbocycles. The quantitative estimate of drug-likeness (QED) is 0.438. The fraction of sp³-hybridized carbons (Fsp3) is 0.370. The standard InChI is InChI=1S/2C12H15Ge.C3H6.2ClH.Zr/c2*1-13(2,3)12-9-8-10-6-4-5-7-11(10)12;1-3-2;;;/h2*4-9H,1-3H3;1-2H3;2*1H;/q;;;;;+2/p-2. The van der Waals surface area contributed by atoms with Crippen molar-refractivity contribution in [2.45, 2.75) is 55.6 Å². The van der Waals surface area contributed by atoms with Gasteiger partial charge in [0.05, 0.1) is 0 Å². The minimum Gasteiger partial charge on any atom is -1.00 e. The molecule has 2 atom stereocenters. The van der Waals surface area contributed by atoms with Gasteiger partial charge in [0.25, 0.3) is 0 Å². The van der Waals surface area contributed by atoms with Gasteiger partial charge in [0.2, 0.25) is 0 Å². The molecular weight excluding hydrogens is 632 g/mol. The SMILES string of the molecule is C[C](C)=[Zr+2]([CH]1C=[C]([Ge]([CH3])([CH3])[CH3])c2ccccc21)[CH]1C=[C]([Ge]([CH3])([CH3])[CH3])c2ccccc21.[Cl-].[Cl-]. The van der Waals surface area contributed by atoms with Crippen molar-refractivity contribution >= 4 is 38.5 Å². The van der Waals surface area contributed by atoms with Crippen LogP contribution in [0.25, 0.3) is 8.81 Å². The topological polar surface area (TPSA) is 0 Å². The number of allylic oxidation sites excluding steroid dienone is 2. The molecule has 0 aliphatic heterocycles. The fourth-order valence-electron chi connectivity index (χ4n) is 5.36. The number of fused-ring (bicyclic) bond motifs is 2. The van der Waals surface area contributed by atoms with Gasteiger partial charge in [-0.1, -0.05) is 0 Å². The molecule has 0 saturated carbocycles. The summed E-state index contributed by atoms with van der Waals surface area (Å²) >= 11 is -5.88. The largest absolute Gasteiger partial charge is 1.00 e. The number of hydrogen-bond donors (Lipinski definition) is 0. The molecule has 5 heteroatoms. The van der Waals surface area contributed by atoms with Crippen molar-refractivity contribution in [2.24, 2.45) is 0 Å². The first-order valence-corrected chi connectivity index (χ1v) is 30.1. The van der Waals surface area contributed by atoms with E-state index >= 15 is 0 Å². The van der Waals surface area contributed by atoms with Crippen molar-refractivity contribution in [3.05, 3.63) is 82.9 Å². The summed E-state index contributed by atoms with van der Waals surface area (Å²) in [4.78, 5) is 0. The molecule has 0 aromatic heterocycles. The Hall–Kier alpha value is 0.339. The van der Waals surface area contributed by atoms with Crippen LogP contribution in [-0.2, 0) is 21.3 Å². The average molecular weight is 668 g/mol. The van der Waals surface area contributed by atoms with E-state index in [0.717, 1.165) is 0 Å². The molecule has 0 nitrogen and oxygen atoms in total. The zero-order chi connectivity index (χ0) is 21.8. The zero-order valence-electron chi connectivity index (χ0n) is 20.7. The van der Waals surface area contributed by atoms with Crippen LogP contribution in [0.15, 0.2) is 60.7 Å². The van der Waals surface area contributed by atoms with Crippen LogP contribution < -0.4 is 24.8 Å². The molecule has 0 saturated heterocycles. The summed E-state index contributed by atoms with van der Waals surface area (Å²) in [5.41, 5.74) is 6.50. The maximum atomic E-state index is 2.78. The third-order valence-electron chi connectivity index (χ3n) is 6.70. The van der Waals surface area contributed by atoms with Gasteiger partial charge in [-0.3, -0.25) is 0 Å². The van der Waals surface area contributed by atoms with E-state index in [1.54, 1.807) is 34.3 Å². The molecular formula is C27H36Cl2Ge2Zr. The predicted octanol–water partition coefficient (Wildman–Crippen LogP) is 1.86. The van der Waals surface area contributed by atoms with Crippen LogP contribution in [0.3, 0.4) is 0 Å². The maximum Gasteiger partial charge on any atom is -1.00 e. The van der Waals surface area contributed by atoms with E-state index in [1.807, 2.05) is 0 Å². The van der Waals surface area contributed by atoms with Crippen LogP contribution in [0.4, 0.5) is 0 Å². The molecule has 0 bridgehead atoms. The van der Waals surface area contributed by atoms with Gasteiger partial charge in [-0.25, -0.2) is 0 Å². The summed E-state index contributed by atoms with van der Waals surface area (Å²) in [6, 6.07) is 18.8. The Balaban J connectivity index is 0.00000181. The van der Waals surface area contributed by atoms with E-state index in [1.165, 1.54) is 0 Å². The van der Waals surface area contributed by atoms with Crippen LogP contribution in [0.2, 0.25) is 34.5 Å². The minimum atomic E-state index is -2.03. The van der Waals surface area contributed by atoms with Gasteiger partial charge in [0.1, 0.15) is 0 Å². The molecule has 0 amide bonds. The summed E-state index contributed by atoms with van der Waals surface area (Å²) in [5, 5.41) is 0. The Morgan fingerprint density at radius 1 is 0.625 bits per heavy atom. The van der Waals surface area contributed by atoms with Crippen molar-refractivity contribution in [3.63, 3.8) is 0 Å². The van der Waals surface area contributed by atoms with Gasteiger partial charge < -0.3 is 24.8 Å². The molecule has 4 rings (SSSR count). The molecule has 2 aromatic carbocycles. The normalized spacial score (nSPS) is 18.8. The Labute approximate surface area is 221 Å². The van der Waals surface area contributed by atoms with Crippen LogP contribution >= 0.6 is 0 Å². The molecule has 0 fully saturated rings. The fourth-order valence-corrected chi connectivity index (χ4v) is 22.8. The molecule has 2 unspecified atom stereocenters. The number of rotatable bonds is 4. The van der Waals surface area contributed by atoms with Crippen molar-refractivity contribution in [2.75, 3.05) is 0 Å². The average Bonchev–Trinajstić information content (AvgIpc) is 3.22. The number of hydrogen-bond acceptors (Lipinski definition) is 0. The summed E-state index contributed by atoms with van der Waals surface area (Å²) in [7, 11) is 0. The van der Waals surface area contributed by atoms with Crippen LogP contribution in [0.5, 0.6) is 0 Å². The second-order valence-electron chi connectivity index (χ2n) is 11.2. The van der Waals surface area contributed by atoms with Gasteiger partial charge in [0, 0.05) is 0 Å². The zero-order valence-corrected chi connectivity index (χ0v) is 28.9. The van der Waals surface area contributed by atoms with Crippen LogP contribution in [0.1, 0.15) is 43.4 Å². The van der Waals surface area contributed by atoms with E-state index in [9.17, 15) is 0 Å². The first-order valence-electron chi connectivity index (χ1n) is 11.3. The number of benzene rings is 2. The smallest absolute Gasteiger partial charge is 1.00 e. The predicted molar refractivity (Wildman–Crippen MR) is 137 cm³/mol. The van der Waals surface area contributed by atoms with Gasteiger partial charge >= 0.3 is 198 Å². The molecule has 0 heterocycles. The molecule has 0 spiro atoms. The van der Waals surface area contributed by atoms with E-state index in [0.29, 0.717) is 7.25 Å². The second-order valence-corrected chi connectivity index (χ2v) is 40.1. The van der Waals surface area contributed by atoms with Crippen LogP contribution in [-0.4, -0.2) is 29.7 Å². The third kappa shape index (κ3) is 5.28. The van der Waals surface area contributed by atoms with E-state index in [-0.39, 0.29) is 24.8 Å². The van der Waals surface area contributed by atoms with Gasteiger partial charge in [0.15, 0.2) is 0 Å². The first kappa shape index (κ1) is 28.6. The first-order chi connectivity index (χ1) is 14.0. The Morgan fingerprint density at radius 3 is 1.28 bits per heavy atom. The number of halogens is 2. The molecule has 32 heavy (non-hydrogen) atoms. The monoisotopic (exact) mass is 668 g/mol. The van der Waals surface area contributed by atoms with Gasteiger partial charge in [-0.15, -0.1) is 0 Å². The minimum absolute atomic E-state index is 0. The van der Waals surface area contributed by atoms with E-state index in [4.69, 9.17) is 0 Å². The van der Waals surface area contributed by atoms with E-state index in [2.05, 4.69) is 109 Å². The Bertz CT molecular complexity index is 1020. The molecule has 2 aromatic rings. The molecule has 0 N–H and O–H groups in total. The molecule has 170 valence electrons. The summed E-state index contributed by atoms with van der Waals surface area (Å²) in [6.07, 6.45) is 5.55. The van der Waals surface area contributed by atoms with Crippen LogP contribution in [0, 0.1) is 0 Å². The van der Waals surface area contributed by atoms with Crippen molar-refractivity contribution in [3.8, 4) is 0 Å². The van der Waals surface area contributed by atoms with Gasteiger partial charge in [-0.2, -0.15) is 0 Å². The van der Waals surface area contributed by atoms with Crippen molar-refractivity contribution in [1.29, 1.82) is 0 Å². The summed E-state index contributed by atoms with van der Waals surface area (Å²) < 4.78 is 6.64. The summed E-state index contributed by atoms with van der Waals surface area (Å²) in [6.45, 7) is 4.91. The summed E-state index contributed by atoms with van der Waals surface area (Å²) in [5.74, 6) is 15.4. The molecule has 2 aliphatic rings.